The lowest BCUT2D eigenvalue weighted by Crippen LogP contribution is -2.59. The number of nitrogens with one attached hydrogen (secondary N) is 2. The summed E-state index contributed by atoms with van der Waals surface area (Å²) >= 11 is 0. The summed E-state index contributed by atoms with van der Waals surface area (Å²) in [4.78, 5) is 46.8. The quantitative estimate of drug-likeness (QED) is 0.186. The molecule has 4 N–H and O–H groups in total. The van der Waals surface area contributed by atoms with Gasteiger partial charge in [-0.25, -0.2) is 9.59 Å². The van der Waals surface area contributed by atoms with E-state index in [1.807, 2.05) is 0 Å². The van der Waals surface area contributed by atoms with E-state index in [1.165, 1.54) is 48.5 Å². The van der Waals surface area contributed by atoms with Gasteiger partial charge in [0, 0.05) is 12.1 Å². The third-order valence-electron chi connectivity index (χ3n) is 5.54. The van der Waals surface area contributed by atoms with E-state index in [0.29, 0.717) is 0 Å². The molecule has 2 aromatic rings. The van der Waals surface area contributed by atoms with Crippen LogP contribution in [0.15, 0.2) is 48.5 Å². The van der Waals surface area contributed by atoms with Gasteiger partial charge >= 0.3 is 23.6 Å². The average Bonchev–Trinajstić information content (AvgIpc) is 2.90. The first kappa shape index (κ1) is 35.5. The van der Waals surface area contributed by atoms with Crippen LogP contribution in [0.25, 0.3) is 0 Å². The van der Waals surface area contributed by atoms with Crippen LogP contribution in [0.2, 0.25) is 0 Å². The molecule has 16 heteroatoms. The predicted molar refractivity (Wildman–Crippen MR) is 156 cm³/mol. The molecular formula is C28H38N4O12. The molecule has 2 aromatic carbocycles. The largest absolute Gasteiger partial charge is 0.485 e. The lowest BCUT2D eigenvalue weighted by atomic mass is 9.99. The number of aliphatic hydroxyl groups excluding tert-OH is 2. The second-order valence-electron chi connectivity index (χ2n) is 11.6. The Hall–Kier alpha value is -4.70. The lowest BCUT2D eigenvalue weighted by molar-refractivity contribution is -0.386. The van der Waals surface area contributed by atoms with Gasteiger partial charge in [-0.1, -0.05) is 24.3 Å². The van der Waals surface area contributed by atoms with Crippen LogP contribution >= 0.6 is 0 Å². The summed E-state index contributed by atoms with van der Waals surface area (Å²) in [6.07, 6.45) is -5.85. The number of nitro benzene ring substituents is 2. The van der Waals surface area contributed by atoms with E-state index in [0.717, 1.165) is 0 Å². The Balaban J connectivity index is 2.38. The molecule has 0 aromatic heterocycles. The molecule has 0 unspecified atom stereocenters. The van der Waals surface area contributed by atoms with Crippen molar-refractivity contribution in [1.29, 1.82) is 0 Å². The van der Waals surface area contributed by atoms with Crippen molar-refractivity contribution in [2.45, 2.75) is 77.0 Å². The normalized spacial score (nSPS) is 14.3. The van der Waals surface area contributed by atoms with Crippen molar-refractivity contribution in [3.05, 3.63) is 68.8 Å². The van der Waals surface area contributed by atoms with E-state index in [2.05, 4.69) is 10.6 Å². The number of nitro groups is 2. The average molecular weight is 623 g/mol. The first-order valence-corrected chi connectivity index (χ1v) is 13.5. The van der Waals surface area contributed by atoms with Crippen LogP contribution in [-0.4, -0.2) is 81.0 Å². The Morgan fingerprint density at radius 2 is 1.02 bits per heavy atom. The minimum atomic E-state index is -1.92. The summed E-state index contributed by atoms with van der Waals surface area (Å²) < 4.78 is 21.6. The van der Waals surface area contributed by atoms with E-state index in [1.54, 1.807) is 41.5 Å². The van der Waals surface area contributed by atoms with E-state index in [-0.39, 0.29) is 22.9 Å². The standard InChI is InChI=1S/C28H38N4O12/c1-27(2,3)43-25(35)29-17(15-41-21-13-9-7-11-19(21)31(37)38)23(33)24(34)18(30-26(36)44-28(4,5)6)16-42-22-14-10-8-12-20(22)32(39)40/h7-14,17-18,23-24,33-34H,15-16H2,1-6H3,(H,29,35)(H,30,36)/t17-,18-,23+,24+/m0/s1. The molecule has 0 fully saturated rings. The molecule has 0 heterocycles. The fourth-order valence-corrected chi connectivity index (χ4v) is 3.66. The minimum Gasteiger partial charge on any atom is -0.485 e. The van der Waals surface area contributed by atoms with E-state index < -0.39 is 70.7 Å². The van der Waals surface area contributed by atoms with Gasteiger partial charge < -0.3 is 39.8 Å². The minimum absolute atomic E-state index is 0.182. The van der Waals surface area contributed by atoms with Gasteiger partial charge in [0.25, 0.3) is 0 Å². The van der Waals surface area contributed by atoms with Crippen molar-refractivity contribution < 1.29 is 48.6 Å². The second-order valence-corrected chi connectivity index (χ2v) is 11.6. The van der Waals surface area contributed by atoms with Crippen molar-refractivity contribution >= 4 is 23.6 Å². The number of amides is 2. The summed E-state index contributed by atoms with van der Waals surface area (Å²) in [5.74, 6) is -0.364. The van der Waals surface area contributed by atoms with Gasteiger partial charge in [-0.15, -0.1) is 0 Å². The second kappa shape index (κ2) is 15.2. The lowest BCUT2D eigenvalue weighted by Gasteiger charge is -2.33. The van der Waals surface area contributed by atoms with Gasteiger partial charge in [0.05, 0.1) is 21.9 Å². The summed E-state index contributed by atoms with van der Waals surface area (Å²) in [5.41, 5.74) is -2.67. The van der Waals surface area contributed by atoms with Gasteiger partial charge in [-0.3, -0.25) is 20.2 Å². The van der Waals surface area contributed by atoms with Crippen LogP contribution in [0, 0.1) is 20.2 Å². The van der Waals surface area contributed by atoms with Crippen LogP contribution in [0.4, 0.5) is 21.0 Å². The molecule has 2 amide bonds. The maximum Gasteiger partial charge on any atom is 0.408 e. The fraction of sp³-hybridized carbons (Fsp3) is 0.500. The molecule has 4 atom stereocenters. The number of ether oxygens (including phenoxy) is 4. The van der Waals surface area contributed by atoms with Gasteiger partial charge in [0.2, 0.25) is 0 Å². The Bertz CT molecular complexity index is 1210. The molecule has 44 heavy (non-hydrogen) atoms. The number of benzene rings is 2. The number of nitrogens with zero attached hydrogens (tertiary/aromatic N) is 2. The van der Waals surface area contributed by atoms with Crippen LogP contribution in [0.1, 0.15) is 41.5 Å². The maximum atomic E-state index is 12.6. The van der Waals surface area contributed by atoms with Crippen LogP contribution < -0.4 is 20.1 Å². The zero-order valence-corrected chi connectivity index (χ0v) is 25.2. The highest BCUT2D eigenvalue weighted by Crippen LogP contribution is 2.27. The van der Waals surface area contributed by atoms with E-state index in [4.69, 9.17) is 18.9 Å². The number of carbonyl (C=O) groups excluding carboxylic acids is 2. The van der Waals surface area contributed by atoms with Gasteiger partial charge in [-0.2, -0.15) is 0 Å². The summed E-state index contributed by atoms with van der Waals surface area (Å²) in [7, 11) is 0. The molecule has 0 aliphatic carbocycles. The molecule has 0 saturated carbocycles. The highest BCUT2D eigenvalue weighted by molar-refractivity contribution is 5.69. The van der Waals surface area contributed by atoms with Crippen molar-refractivity contribution in [2.75, 3.05) is 13.2 Å². The molecular weight excluding hydrogens is 584 g/mol. The smallest absolute Gasteiger partial charge is 0.408 e. The SMILES string of the molecule is CC(C)(C)OC(=O)N[C@@H](COc1ccccc1[N+](=O)[O-])[C@@H](O)[C@H](O)[C@H](COc1ccccc1[N+](=O)[O-])NC(=O)OC(C)(C)C. The third kappa shape index (κ3) is 11.5. The first-order valence-electron chi connectivity index (χ1n) is 13.5. The number of alkyl carbamates (subject to hydrolysis) is 2. The number of para-hydroxylation sites is 4. The molecule has 0 aliphatic heterocycles. The highest BCUT2D eigenvalue weighted by Gasteiger charge is 2.37. The van der Waals surface area contributed by atoms with E-state index >= 15 is 0 Å². The number of aliphatic hydroxyl groups is 2. The van der Waals surface area contributed by atoms with Crippen molar-refractivity contribution in [3.63, 3.8) is 0 Å². The summed E-state index contributed by atoms with van der Waals surface area (Å²) in [6.45, 7) is 8.39. The van der Waals surface area contributed by atoms with Crippen molar-refractivity contribution in [3.8, 4) is 11.5 Å². The molecule has 242 valence electrons. The molecule has 16 nitrogen and oxygen atoms in total. The molecule has 2 rings (SSSR count). The molecule has 0 radical (unpaired) electrons. The predicted octanol–water partition coefficient (Wildman–Crippen LogP) is 3.47. The molecule has 0 aliphatic rings. The van der Waals surface area contributed by atoms with Gasteiger partial charge in [0.1, 0.15) is 36.6 Å². The summed E-state index contributed by atoms with van der Waals surface area (Å²) in [5, 5.41) is 50.1. The third-order valence-corrected chi connectivity index (χ3v) is 5.54. The first-order chi connectivity index (χ1) is 20.4. The Morgan fingerprint density at radius 1 is 0.705 bits per heavy atom. The summed E-state index contributed by atoms with van der Waals surface area (Å²) in [6, 6.07) is 7.86. The Morgan fingerprint density at radius 3 is 1.32 bits per heavy atom. The van der Waals surface area contributed by atoms with Crippen LogP contribution in [0.5, 0.6) is 11.5 Å². The fourth-order valence-electron chi connectivity index (χ4n) is 3.66. The van der Waals surface area contributed by atoms with Crippen LogP contribution in [-0.2, 0) is 9.47 Å². The molecule has 0 spiro atoms. The Kier molecular flexibility index (Phi) is 12.2. The van der Waals surface area contributed by atoms with Crippen molar-refractivity contribution in [2.24, 2.45) is 0 Å². The van der Waals surface area contributed by atoms with Crippen LogP contribution in [0.3, 0.4) is 0 Å². The highest BCUT2D eigenvalue weighted by atomic mass is 16.6. The zero-order chi connectivity index (χ0) is 33.2. The number of rotatable bonds is 13. The number of hydrogen-bond donors (Lipinski definition) is 4. The maximum absolute atomic E-state index is 12.6. The molecule has 0 saturated heterocycles. The van der Waals surface area contributed by atoms with E-state index in [9.17, 15) is 40.0 Å². The monoisotopic (exact) mass is 622 g/mol. The number of hydrogen-bond acceptors (Lipinski definition) is 12. The van der Waals surface area contributed by atoms with Crippen molar-refractivity contribution in [1.82, 2.24) is 10.6 Å². The number of carbonyl (C=O) groups is 2. The van der Waals surface area contributed by atoms with Gasteiger partial charge in [0.15, 0.2) is 11.5 Å². The molecule has 0 bridgehead atoms. The topological polar surface area (TPSA) is 222 Å². The van der Waals surface area contributed by atoms with Gasteiger partial charge in [-0.05, 0) is 53.7 Å². The zero-order valence-electron chi connectivity index (χ0n) is 25.2. The Labute approximate surface area is 253 Å².